The van der Waals surface area contributed by atoms with E-state index in [2.05, 4.69) is 21.6 Å². The van der Waals surface area contributed by atoms with Crippen LogP contribution in [0.1, 0.15) is 27.2 Å². The Balaban J connectivity index is 1.54. The van der Waals surface area contributed by atoms with Crippen LogP contribution in [0.3, 0.4) is 0 Å². The number of anilines is 3. The van der Waals surface area contributed by atoms with E-state index < -0.39 is 0 Å². The number of carbonyl (C=O) groups is 1. The predicted molar refractivity (Wildman–Crippen MR) is 103 cm³/mol. The summed E-state index contributed by atoms with van der Waals surface area (Å²) in [4.78, 5) is 14.6. The second-order valence-corrected chi connectivity index (χ2v) is 6.53. The molecule has 26 heavy (non-hydrogen) atoms. The highest BCUT2D eigenvalue weighted by Crippen LogP contribution is 2.28. The molecule has 1 aromatic heterocycles. The second-order valence-electron chi connectivity index (χ2n) is 6.53. The summed E-state index contributed by atoms with van der Waals surface area (Å²) in [7, 11) is 0. The largest absolute Gasteiger partial charge is 0.338 e. The van der Waals surface area contributed by atoms with Gasteiger partial charge in [0.15, 0.2) is 11.5 Å². The van der Waals surface area contributed by atoms with E-state index in [4.69, 9.17) is 0 Å². The molecule has 0 bridgehead atoms. The van der Waals surface area contributed by atoms with Crippen molar-refractivity contribution in [3.63, 3.8) is 0 Å². The smallest absolute Gasteiger partial charge is 0.278 e. The standard InChI is InChI=1S/C21H20N4O/c1-14-6-5-7-15(2)20(14)22-19-11-10-17(23-24-19)21(26)25-13-12-16-8-3-4-9-18(16)25/h3-11H,12-13H2,1-2H3,(H,22,24). The lowest BCUT2D eigenvalue weighted by Gasteiger charge is -2.16. The Morgan fingerprint density at radius 2 is 1.73 bits per heavy atom. The Morgan fingerprint density at radius 1 is 0.962 bits per heavy atom. The van der Waals surface area contributed by atoms with Crippen LogP contribution < -0.4 is 10.2 Å². The van der Waals surface area contributed by atoms with Crippen molar-refractivity contribution >= 4 is 23.1 Å². The maximum atomic E-state index is 12.8. The third kappa shape index (κ3) is 2.92. The molecule has 3 aromatic rings. The van der Waals surface area contributed by atoms with Crippen LogP contribution in [0.15, 0.2) is 54.6 Å². The molecule has 1 N–H and O–H groups in total. The lowest BCUT2D eigenvalue weighted by atomic mass is 10.1. The third-order valence-corrected chi connectivity index (χ3v) is 4.75. The quantitative estimate of drug-likeness (QED) is 0.779. The molecule has 0 unspecified atom stereocenters. The first kappa shape index (κ1) is 16.3. The zero-order valence-corrected chi connectivity index (χ0v) is 14.9. The number of hydrogen-bond donors (Lipinski definition) is 1. The number of rotatable bonds is 3. The summed E-state index contributed by atoms with van der Waals surface area (Å²) in [5.41, 5.74) is 5.82. The molecule has 1 aliphatic rings. The van der Waals surface area contributed by atoms with Crippen LogP contribution in [-0.2, 0) is 6.42 Å². The van der Waals surface area contributed by atoms with Gasteiger partial charge in [-0.15, -0.1) is 10.2 Å². The first-order valence-electron chi connectivity index (χ1n) is 8.70. The van der Waals surface area contributed by atoms with Gasteiger partial charge in [0.05, 0.1) is 0 Å². The molecule has 1 amide bonds. The van der Waals surface area contributed by atoms with E-state index in [0.717, 1.165) is 28.9 Å². The third-order valence-electron chi connectivity index (χ3n) is 4.75. The monoisotopic (exact) mass is 344 g/mol. The Labute approximate surface area is 152 Å². The molecule has 0 aliphatic carbocycles. The summed E-state index contributed by atoms with van der Waals surface area (Å²) >= 11 is 0. The van der Waals surface area contributed by atoms with Gasteiger partial charge in [-0.25, -0.2) is 0 Å². The lowest BCUT2D eigenvalue weighted by molar-refractivity contribution is 0.0983. The summed E-state index contributed by atoms with van der Waals surface area (Å²) in [6, 6.07) is 17.6. The number of aromatic nitrogens is 2. The van der Waals surface area contributed by atoms with Crippen LogP contribution >= 0.6 is 0 Å². The highest BCUT2D eigenvalue weighted by Gasteiger charge is 2.26. The van der Waals surface area contributed by atoms with E-state index >= 15 is 0 Å². The predicted octanol–water partition coefficient (Wildman–Crippen LogP) is 4.04. The number of aryl methyl sites for hydroxylation is 2. The van der Waals surface area contributed by atoms with Crippen molar-refractivity contribution in [1.82, 2.24) is 10.2 Å². The van der Waals surface area contributed by atoms with Gasteiger partial charge in [-0.3, -0.25) is 4.79 Å². The fraction of sp³-hybridized carbons (Fsp3) is 0.190. The summed E-state index contributed by atoms with van der Waals surface area (Å²) in [6.07, 6.45) is 0.877. The Hall–Kier alpha value is -3.21. The fourth-order valence-corrected chi connectivity index (χ4v) is 3.34. The molecule has 2 aromatic carbocycles. The van der Waals surface area contributed by atoms with Crippen molar-refractivity contribution in [1.29, 1.82) is 0 Å². The molecule has 0 radical (unpaired) electrons. The van der Waals surface area contributed by atoms with Crippen LogP contribution in [0.5, 0.6) is 0 Å². The van der Waals surface area contributed by atoms with Gasteiger partial charge in [0.2, 0.25) is 0 Å². The molecule has 4 rings (SSSR count). The molecule has 130 valence electrons. The fourth-order valence-electron chi connectivity index (χ4n) is 3.34. The number of para-hydroxylation sites is 2. The van der Waals surface area contributed by atoms with Gasteiger partial charge < -0.3 is 10.2 Å². The maximum absolute atomic E-state index is 12.8. The number of benzene rings is 2. The second kappa shape index (κ2) is 6.59. The average molecular weight is 344 g/mol. The van der Waals surface area contributed by atoms with Gasteiger partial charge in [-0.2, -0.15) is 0 Å². The van der Waals surface area contributed by atoms with Crippen LogP contribution in [0, 0.1) is 13.8 Å². The number of hydrogen-bond acceptors (Lipinski definition) is 4. The van der Waals surface area contributed by atoms with Crippen LogP contribution in [0.4, 0.5) is 17.2 Å². The van der Waals surface area contributed by atoms with E-state index in [1.54, 1.807) is 17.0 Å². The van der Waals surface area contributed by atoms with Gasteiger partial charge in [0.1, 0.15) is 0 Å². The van der Waals surface area contributed by atoms with Gasteiger partial charge in [0.25, 0.3) is 5.91 Å². The van der Waals surface area contributed by atoms with Crippen molar-refractivity contribution in [2.75, 3.05) is 16.8 Å². The van der Waals surface area contributed by atoms with Crippen LogP contribution in [0.2, 0.25) is 0 Å². The van der Waals surface area contributed by atoms with Crippen LogP contribution in [-0.4, -0.2) is 22.6 Å². The highest BCUT2D eigenvalue weighted by molar-refractivity contribution is 6.06. The number of fused-ring (bicyclic) bond motifs is 1. The number of nitrogens with one attached hydrogen (secondary N) is 1. The van der Waals surface area contributed by atoms with Crippen molar-refractivity contribution < 1.29 is 4.79 Å². The molecule has 5 nitrogen and oxygen atoms in total. The Bertz CT molecular complexity index is 946. The van der Waals surface area contributed by atoms with E-state index in [-0.39, 0.29) is 5.91 Å². The molecule has 1 aliphatic heterocycles. The summed E-state index contributed by atoms with van der Waals surface area (Å²) < 4.78 is 0. The molecule has 5 heteroatoms. The minimum Gasteiger partial charge on any atom is -0.338 e. The average Bonchev–Trinajstić information content (AvgIpc) is 3.09. The number of nitrogens with zero attached hydrogens (tertiary/aromatic N) is 3. The van der Waals surface area contributed by atoms with Gasteiger partial charge in [0, 0.05) is 17.9 Å². The van der Waals surface area contributed by atoms with E-state index in [9.17, 15) is 4.79 Å². The Kier molecular flexibility index (Phi) is 4.13. The van der Waals surface area contributed by atoms with E-state index in [1.165, 1.54) is 5.56 Å². The van der Waals surface area contributed by atoms with Crippen LogP contribution in [0.25, 0.3) is 0 Å². The minimum absolute atomic E-state index is 0.110. The summed E-state index contributed by atoms with van der Waals surface area (Å²) in [6.45, 7) is 4.78. The highest BCUT2D eigenvalue weighted by atomic mass is 16.2. The van der Waals surface area contributed by atoms with Crippen molar-refractivity contribution in [2.45, 2.75) is 20.3 Å². The molecule has 0 saturated carbocycles. The molecule has 0 spiro atoms. The first-order valence-corrected chi connectivity index (χ1v) is 8.70. The van der Waals surface area contributed by atoms with Gasteiger partial charge in [-0.1, -0.05) is 36.4 Å². The zero-order valence-electron chi connectivity index (χ0n) is 14.9. The Morgan fingerprint density at radius 3 is 2.46 bits per heavy atom. The summed E-state index contributed by atoms with van der Waals surface area (Å²) in [5, 5.41) is 11.6. The van der Waals surface area contributed by atoms with E-state index in [0.29, 0.717) is 18.1 Å². The molecule has 0 saturated heterocycles. The van der Waals surface area contributed by atoms with Crippen molar-refractivity contribution in [3.8, 4) is 0 Å². The lowest BCUT2D eigenvalue weighted by Crippen LogP contribution is -2.29. The number of carbonyl (C=O) groups excluding carboxylic acids is 1. The first-order chi connectivity index (χ1) is 12.6. The number of amides is 1. The summed E-state index contributed by atoms with van der Waals surface area (Å²) in [5.74, 6) is 0.516. The maximum Gasteiger partial charge on any atom is 0.278 e. The molecule has 0 fully saturated rings. The van der Waals surface area contributed by atoms with E-state index in [1.807, 2.05) is 50.2 Å². The molecular formula is C21H20N4O. The molecule has 0 atom stereocenters. The molecular weight excluding hydrogens is 324 g/mol. The topological polar surface area (TPSA) is 58.1 Å². The SMILES string of the molecule is Cc1cccc(C)c1Nc1ccc(C(=O)N2CCc3ccccc32)nn1. The normalized spacial score (nSPS) is 12.8. The van der Waals surface area contributed by atoms with Gasteiger partial charge in [-0.05, 0) is 55.2 Å². The van der Waals surface area contributed by atoms with Crippen molar-refractivity contribution in [2.24, 2.45) is 0 Å². The zero-order chi connectivity index (χ0) is 18.1. The van der Waals surface area contributed by atoms with Gasteiger partial charge >= 0.3 is 0 Å². The molecule has 2 heterocycles. The minimum atomic E-state index is -0.110. The van der Waals surface area contributed by atoms with Crippen molar-refractivity contribution in [3.05, 3.63) is 77.0 Å².